The first-order valence-electron chi connectivity index (χ1n) is 9.46. The molecule has 0 saturated heterocycles. The normalized spacial score (nSPS) is 14.3. The van der Waals surface area contributed by atoms with Gasteiger partial charge in [0, 0.05) is 19.8 Å². The van der Waals surface area contributed by atoms with Crippen molar-refractivity contribution in [1.82, 2.24) is 15.6 Å². The highest BCUT2D eigenvalue weighted by Gasteiger charge is 2.18. The van der Waals surface area contributed by atoms with Crippen molar-refractivity contribution in [2.45, 2.75) is 44.9 Å². The lowest BCUT2D eigenvalue weighted by molar-refractivity contribution is 0.200. The zero-order chi connectivity index (χ0) is 18.9. The monoisotopic (exact) mass is 496 g/mol. The highest BCUT2D eigenvalue weighted by atomic mass is 127. The molecule has 0 amide bonds. The van der Waals surface area contributed by atoms with Crippen molar-refractivity contribution in [3.05, 3.63) is 53.9 Å². The van der Waals surface area contributed by atoms with E-state index in [9.17, 15) is 0 Å². The van der Waals surface area contributed by atoms with Gasteiger partial charge in [0.1, 0.15) is 0 Å². The molecule has 2 N–H and O–H groups in total. The summed E-state index contributed by atoms with van der Waals surface area (Å²) in [6.07, 6.45) is 6.82. The predicted molar refractivity (Wildman–Crippen MR) is 123 cm³/mol. The predicted octanol–water partition coefficient (Wildman–Crippen LogP) is 3.89. The molecule has 0 spiro atoms. The minimum atomic E-state index is 0. The lowest BCUT2D eigenvalue weighted by Crippen LogP contribution is -2.36. The van der Waals surface area contributed by atoms with E-state index in [1.807, 2.05) is 30.3 Å². The van der Waals surface area contributed by atoms with Crippen LogP contribution in [0, 0.1) is 0 Å². The van der Waals surface area contributed by atoms with Gasteiger partial charge in [-0.3, -0.25) is 9.98 Å². The molecule has 0 atom stereocenters. The molecule has 1 saturated carbocycles. The van der Waals surface area contributed by atoms with E-state index in [4.69, 9.17) is 9.47 Å². The molecule has 1 aromatic carbocycles. The van der Waals surface area contributed by atoms with Gasteiger partial charge in [-0.15, -0.1) is 24.0 Å². The second-order valence-corrected chi connectivity index (χ2v) is 6.61. The number of hydrogen-bond acceptors (Lipinski definition) is 4. The summed E-state index contributed by atoms with van der Waals surface area (Å²) in [6.45, 7) is 1.27. The van der Waals surface area contributed by atoms with E-state index >= 15 is 0 Å². The van der Waals surface area contributed by atoms with Crippen LogP contribution in [0.2, 0.25) is 0 Å². The van der Waals surface area contributed by atoms with Gasteiger partial charge in [-0.05, 0) is 55.5 Å². The number of ether oxygens (including phenoxy) is 2. The van der Waals surface area contributed by atoms with E-state index in [1.165, 1.54) is 12.8 Å². The maximum absolute atomic E-state index is 6.17. The first-order chi connectivity index (χ1) is 13.3. The molecule has 1 aromatic heterocycles. The average Bonchev–Trinajstić information content (AvgIpc) is 3.22. The van der Waals surface area contributed by atoms with Gasteiger partial charge in [-0.25, -0.2) is 0 Å². The maximum Gasteiger partial charge on any atom is 0.191 e. The van der Waals surface area contributed by atoms with Crippen LogP contribution in [0.3, 0.4) is 0 Å². The molecule has 1 aliphatic rings. The fraction of sp³-hybridized carbons (Fsp3) is 0.429. The number of pyridine rings is 1. The van der Waals surface area contributed by atoms with E-state index in [1.54, 1.807) is 20.4 Å². The van der Waals surface area contributed by atoms with Gasteiger partial charge in [0.05, 0.1) is 25.5 Å². The Bertz CT molecular complexity index is 749. The Morgan fingerprint density at radius 3 is 2.57 bits per heavy atom. The van der Waals surface area contributed by atoms with E-state index in [-0.39, 0.29) is 24.0 Å². The van der Waals surface area contributed by atoms with Crippen molar-refractivity contribution in [3.63, 3.8) is 0 Å². The van der Waals surface area contributed by atoms with Crippen LogP contribution in [0.25, 0.3) is 0 Å². The average molecular weight is 496 g/mol. The van der Waals surface area contributed by atoms with Crippen molar-refractivity contribution < 1.29 is 9.47 Å². The standard InChI is InChI=1S/C21H28N4O2.HI/c1-22-21(25-15-17-7-5-6-12-23-17)24-14-16-10-11-19(26-2)20(13-16)27-18-8-3-4-9-18;/h5-7,10-13,18H,3-4,8-9,14-15H2,1-2H3,(H2,22,24,25);1H. The van der Waals surface area contributed by atoms with E-state index in [0.29, 0.717) is 19.2 Å². The molecule has 1 fully saturated rings. The number of aromatic nitrogens is 1. The number of methoxy groups -OCH3 is 1. The van der Waals surface area contributed by atoms with Crippen molar-refractivity contribution in [2.24, 2.45) is 4.99 Å². The zero-order valence-corrected chi connectivity index (χ0v) is 18.8. The molecular weight excluding hydrogens is 467 g/mol. The lowest BCUT2D eigenvalue weighted by Gasteiger charge is -2.17. The summed E-state index contributed by atoms with van der Waals surface area (Å²) in [4.78, 5) is 8.58. The third-order valence-corrected chi connectivity index (χ3v) is 4.67. The summed E-state index contributed by atoms with van der Waals surface area (Å²) in [6, 6.07) is 11.9. The van der Waals surface area contributed by atoms with Crippen LogP contribution in [0.1, 0.15) is 36.9 Å². The molecule has 7 heteroatoms. The molecular formula is C21H29IN4O2. The Kier molecular flexibility index (Phi) is 9.33. The third-order valence-electron chi connectivity index (χ3n) is 4.67. The molecule has 0 aliphatic heterocycles. The summed E-state index contributed by atoms with van der Waals surface area (Å²) in [5.41, 5.74) is 2.08. The van der Waals surface area contributed by atoms with Crippen LogP contribution in [0.4, 0.5) is 0 Å². The van der Waals surface area contributed by atoms with Crippen molar-refractivity contribution >= 4 is 29.9 Å². The van der Waals surface area contributed by atoms with Crippen LogP contribution >= 0.6 is 24.0 Å². The van der Waals surface area contributed by atoms with Crippen molar-refractivity contribution in [1.29, 1.82) is 0 Å². The summed E-state index contributed by atoms with van der Waals surface area (Å²) in [7, 11) is 3.44. The number of halogens is 1. The topological polar surface area (TPSA) is 67.8 Å². The first-order valence-corrected chi connectivity index (χ1v) is 9.46. The second kappa shape index (κ2) is 11.7. The van der Waals surface area contributed by atoms with Gasteiger partial charge in [-0.2, -0.15) is 0 Å². The zero-order valence-electron chi connectivity index (χ0n) is 16.5. The molecule has 3 rings (SSSR count). The Hall–Kier alpha value is -2.03. The number of guanidine groups is 1. The highest BCUT2D eigenvalue weighted by molar-refractivity contribution is 14.0. The van der Waals surface area contributed by atoms with Crippen molar-refractivity contribution in [3.8, 4) is 11.5 Å². The number of nitrogens with zero attached hydrogens (tertiary/aromatic N) is 2. The number of benzene rings is 1. The lowest BCUT2D eigenvalue weighted by atomic mass is 10.2. The summed E-state index contributed by atoms with van der Waals surface area (Å²) < 4.78 is 11.6. The van der Waals surface area contributed by atoms with Crippen LogP contribution in [-0.2, 0) is 13.1 Å². The van der Waals surface area contributed by atoms with Gasteiger partial charge in [0.15, 0.2) is 17.5 Å². The van der Waals surface area contributed by atoms with Crippen LogP contribution in [0.5, 0.6) is 11.5 Å². The van der Waals surface area contributed by atoms with Gasteiger partial charge in [-0.1, -0.05) is 12.1 Å². The Balaban J connectivity index is 0.00000280. The highest BCUT2D eigenvalue weighted by Crippen LogP contribution is 2.32. The summed E-state index contributed by atoms with van der Waals surface area (Å²) in [5.74, 6) is 2.33. The van der Waals surface area contributed by atoms with Crippen molar-refractivity contribution in [2.75, 3.05) is 14.2 Å². The Labute approximate surface area is 184 Å². The molecule has 28 heavy (non-hydrogen) atoms. The minimum Gasteiger partial charge on any atom is -0.493 e. The molecule has 0 unspecified atom stereocenters. The molecule has 1 heterocycles. The molecule has 0 bridgehead atoms. The number of rotatable bonds is 7. The number of nitrogens with one attached hydrogen (secondary N) is 2. The third kappa shape index (κ3) is 6.54. The van der Waals surface area contributed by atoms with Gasteiger partial charge in [0.25, 0.3) is 0 Å². The first kappa shape index (κ1) is 22.3. The van der Waals surface area contributed by atoms with Crippen LogP contribution in [0.15, 0.2) is 47.6 Å². The van der Waals surface area contributed by atoms with E-state index in [0.717, 1.165) is 41.6 Å². The van der Waals surface area contributed by atoms with Gasteiger partial charge < -0.3 is 20.1 Å². The fourth-order valence-corrected chi connectivity index (χ4v) is 3.19. The van der Waals surface area contributed by atoms with Crippen LogP contribution < -0.4 is 20.1 Å². The summed E-state index contributed by atoms with van der Waals surface area (Å²) >= 11 is 0. The fourth-order valence-electron chi connectivity index (χ4n) is 3.19. The van der Waals surface area contributed by atoms with Gasteiger partial charge >= 0.3 is 0 Å². The number of hydrogen-bond donors (Lipinski definition) is 2. The van der Waals surface area contributed by atoms with E-state index < -0.39 is 0 Å². The second-order valence-electron chi connectivity index (χ2n) is 6.61. The molecule has 152 valence electrons. The molecule has 1 aliphatic carbocycles. The molecule has 6 nitrogen and oxygen atoms in total. The van der Waals surface area contributed by atoms with Gasteiger partial charge in [0.2, 0.25) is 0 Å². The molecule has 2 aromatic rings. The quantitative estimate of drug-likeness (QED) is 0.346. The minimum absolute atomic E-state index is 0. The SMILES string of the molecule is CN=C(NCc1ccc(OC)c(OC2CCCC2)c1)NCc1ccccn1.I. The van der Waals surface area contributed by atoms with E-state index in [2.05, 4.69) is 26.7 Å². The smallest absolute Gasteiger partial charge is 0.191 e. The molecule has 0 radical (unpaired) electrons. The van der Waals surface area contributed by atoms with Crippen LogP contribution in [-0.4, -0.2) is 31.2 Å². The number of aliphatic imine (C=N–C) groups is 1. The Morgan fingerprint density at radius 1 is 1.11 bits per heavy atom. The maximum atomic E-state index is 6.17. The Morgan fingerprint density at radius 2 is 1.89 bits per heavy atom. The summed E-state index contributed by atoms with van der Waals surface area (Å²) in [5, 5.41) is 6.60. The largest absolute Gasteiger partial charge is 0.493 e.